The summed E-state index contributed by atoms with van der Waals surface area (Å²) in [5.41, 5.74) is 7.84. The monoisotopic (exact) mass is 427 g/mol. The molecule has 2 aliphatic heterocycles. The molecule has 2 unspecified atom stereocenters. The fraction of sp³-hybridized carbons (Fsp3) is 0.522. The number of benzene rings is 1. The molecule has 31 heavy (non-hydrogen) atoms. The molecule has 1 aliphatic carbocycles. The molecule has 0 radical (unpaired) electrons. The van der Waals surface area contributed by atoms with Gasteiger partial charge < -0.3 is 25.0 Å². The number of nitrogens with zero attached hydrogens (tertiary/aromatic N) is 2. The number of rotatable bonds is 6. The van der Waals surface area contributed by atoms with Crippen LogP contribution in [0.5, 0.6) is 11.5 Å². The maximum absolute atomic E-state index is 12.9. The molecule has 8 nitrogen and oxygen atoms in total. The average Bonchev–Trinajstić information content (AvgIpc) is 3.41. The number of allylic oxidation sites excluding steroid dienone is 2. The number of fused-ring (bicyclic) bond motifs is 1. The predicted molar refractivity (Wildman–Crippen MR) is 113 cm³/mol. The molecule has 0 aromatic heterocycles. The van der Waals surface area contributed by atoms with Crippen molar-refractivity contribution in [3.05, 3.63) is 35.0 Å². The molecule has 3 aliphatic rings. The van der Waals surface area contributed by atoms with Crippen molar-refractivity contribution in [3.8, 4) is 11.5 Å². The predicted octanol–water partition coefficient (Wildman–Crippen LogP) is 1.79. The minimum atomic E-state index is -0.0929. The van der Waals surface area contributed by atoms with Gasteiger partial charge >= 0.3 is 0 Å². The number of hydrogen-bond donors (Lipinski definition) is 1. The number of carbonyl (C=O) groups excluding carboxylic acids is 3. The summed E-state index contributed by atoms with van der Waals surface area (Å²) in [6.45, 7) is 5.52. The number of carbonyl (C=O) groups is 3. The zero-order chi connectivity index (χ0) is 22.1. The highest BCUT2D eigenvalue weighted by atomic mass is 16.7. The Morgan fingerprint density at radius 1 is 1.00 bits per heavy atom. The van der Waals surface area contributed by atoms with Gasteiger partial charge in [0.2, 0.25) is 18.6 Å². The van der Waals surface area contributed by atoms with Crippen molar-refractivity contribution in [1.82, 2.24) is 9.80 Å². The van der Waals surface area contributed by atoms with Crippen LogP contribution in [0.4, 0.5) is 0 Å². The van der Waals surface area contributed by atoms with E-state index in [9.17, 15) is 14.4 Å². The summed E-state index contributed by atoms with van der Waals surface area (Å²) in [6, 6.07) is 5.89. The molecule has 2 atom stereocenters. The number of piperazine rings is 1. The highest BCUT2D eigenvalue weighted by molar-refractivity contribution is 5.94. The van der Waals surface area contributed by atoms with Crippen LogP contribution < -0.4 is 15.2 Å². The van der Waals surface area contributed by atoms with E-state index in [0.29, 0.717) is 43.9 Å². The van der Waals surface area contributed by atoms with Gasteiger partial charge in [0.05, 0.1) is 0 Å². The number of amides is 2. The van der Waals surface area contributed by atoms with Crippen molar-refractivity contribution in [1.29, 1.82) is 0 Å². The van der Waals surface area contributed by atoms with Gasteiger partial charge in [-0.2, -0.15) is 0 Å². The summed E-state index contributed by atoms with van der Waals surface area (Å²) in [5, 5.41) is 0. The molecule has 1 saturated heterocycles. The summed E-state index contributed by atoms with van der Waals surface area (Å²) in [4.78, 5) is 40.7. The van der Waals surface area contributed by atoms with Crippen molar-refractivity contribution in [2.75, 3.05) is 33.0 Å². The van der Waals surface area contributed by atoms with E-state index in [-0.39, 0.29) is 42.6 Å². The maximum Gasteiger partial charge on any atom is 0.231 e. The summed E-state index contributed by atoms with van der Waals surface area (Å²) in [6.07, 6.45) is 1.46. The second kappa shape index (κ2) is 8.61. The van der Waals surface area contributed by atoms with E-state index < -0.39 is 0 Å². The minimum Gasteiger partial charge on any atom is -0.454 e. The minimum absolute atomic E-state index is 0.00147. The molecule has 2 heterocycles. The Kier molecular flexibility index (Phi) is 5.89. The summed E-state index contributed by atoms with van der Waals surface area (Å²) in [5.74, 6) is 1.78. The van der Waals surface area contributed by atoms with E-state index in [1.54, 1.807) is 11.8 Å². The lowest BCUT2D eigenvalue weighted by molar-refractivity contribution is -0.140. The molecule has 2 amide bonds. The zero-order valence-electron chi connectivity index (χ0n) is 18.1. The van der Waals surface area contributed by atoms with Gasteiger partial charge in [0.25, 0.3) is 0 Å². The summed E-state index contributed by atoms with van der Waals surface area (Å²) in [7, 11) is 0. The second-order valence-electron chi connectivity index (χ2n) is 8.49. The average molecular weight is 428 g/mol. The molecule has 166 valence electrons. The number of ketones is 1. The Hall–Kier alpha value is -3.03. The van der Waals surface area contributed by atoms with Crippen molar-refractivity contribution in [3.63, 3.8) is 0 Å². The Labute approximate surface area is 181 Å². The van der Waals surface area contributed by atoms with E-state index in [1.165, 1.54) is 6.92 Å². The number of hydrogen-bond acceptors (Lipinski definition) is 6. The van der Waals surface area contributed by atoms with Gasteiger partial charge in [-0.25, -0.2) is 0 Å². The molecule has 2 fully saturated rings. The quantitative estimate of drug-likeness (QED) is 0.695. The third-order valence-corrected chi connectivity index (χ3v) is 6.37. The first-order valence-electron chi connectivity index (χ1n) is 10.8. The third kappa shape index (κ3) is 4.52. The van der Waals surface area contributed by atoms with Gasteiger partial charge in [-0.1, -0.05) is 6.07 Å². The van der Waals surface area contributed by atoms with E-state index in [2.05, 4.69) is 0 Å². The molecule has 4 rings (SSSR count). The molecule has 0 spiro atoms. The number of nitrogens with two attached hydrogens (primary N) is 1. The van der Waals surface area contributed by atoms with E-state index in [4.69, 9.17) is 15.2 Å². The first kappa shape index (κ1) is 21.2. The molecular weight excluding hydrogens is 398 g/mol. The fourth-order valence-corrected chi connectivity index (χ4v) is 4.43. The smallest absolute Gasteiger partial charge is 0.231 e. The van der Waals surface area contributed by atoms with Crippen LogP contribution in [0.1, 0.15) is 44.6 Å². The zero-order valence-corrected chi connectivity index (χ0v) is 18.1. The number of ether oxygens (including phenoxy) is 2. The van der Waals surface area contributed by atoms with Crippen molar-refractivity contribution in [2.45, 2.75) is 39.0 Å². The summed E-state index contributed by atoms with van der Waals surface area (Å²) < 4.78 is 10.8. The Morgan fingerprint density at radius 3 is 2.35 bits per heavy atom. The Balaban J connectivity index is 1.25. The molecule has 0 bridgehead atoms. The third-order valence-electron chi connectivity index (χ3n) is 6.37. The first-order valence-corrected chi connectivity index (χ1v) is 10.8. The molecule has 1 aromatic rings. The van der Waals surface area contributed by atoms with E-state index >= 15 is 0 Å². The van der Waals surface area contributed by atoms with Crippen LogP contribution in [0.25, 0.3) is 0 Å². The van der Waals surface area contributed by atoms with Crippen molar-refractivity contribution in [2.24, 2.45) is 11.7 Å². The normalized spacial score (nSPS) is 22.8. The first-order chi connectivity index (χ1) is 14.8. The topological polar surface area (TPSA) is 102 Å². The van der Waals surface area contributed by atoms with Crippen LogP contribution in [0.15, 0.2) is 29.5 Å². The largest absolute Gasteiger partial charge is 0.454 e. The molecule has 8 heteroatoms. The Bertz CT molecular complexity index is 929. The summed E-state index contributed by atoms with van der Waals surface area (Å²) >= 11 is 0. The lowest BCUT2D eigenvalue weighted by Crippen LogP contribution is -2.51. The number of Topliss-reactive ketones (excluding diaryl/α,β-unsaturated/α-hetero) is 1. The SMILES string of the molecule is CC(=O)/C(CCC(=O)N1CCN(C(=O)C2CC2c2ccc3c(c2)OCO3)CC1)=C(/C)N. The van der Waals surface area contributed by atoms with Gasteiger partial charge in [-0.3, -0.25) is 14.4 Å². The van der Waals surface area contributed by atoms with Gasteiger partial charge in [0.1, 0.15) is 0 Å². The van der Waals surface area contributed by atoms with Crippen LogP contribution in [-0.4, -0.2) is 60.4 Å². The van der Waals surface area contributed by atoms with Crippen LogP contribution in [-0.2, 0) is 14.4 Å². The van der Waals surface area contributed by atoms with Crippen molar-refractivity contribution >= 4 is 17.6 Å². The maximum atomic E-state index is 12.9. The van der Waals surface area contributed by atoms with Gasteiger partial charge in [-0.15, -0.1) is 0 Å². The van der Waals surface area contributed by atoms with E-state index in [0.717, 1.165) is 23.5 Å². The van der Waals surface area contributed by atoms with Gasteiger partial charge in [0.15, 0.2) is 17.3 Å². The second-order valence-corrected chi connectivity index (χ2v) is 8.49. The lowest BCUT2D eigenvalue weighted by atomic mass is 10.0. The molecular formula is C23H29N3O5. The van der Waals surface area contributed by atoms with Crippen LogP contribution in [0, 0.1) is 5.92 Å². The molecule has 2 N–H and O–H groups in total. The van der Waals surface area contributed by atoms with Crippen LogP contribution in [0.3, 0.4) is 0 Å². The fourth-order valence-electron chi connectivity index (χ4n) is 4.43. The highest BCUT2D eigenvalue weighted by Gasteiger charge is 2.46. The van der Waals surface area contributed by atoms with Crippen molar-refractivity contribution < 1.29 is 23.9 Å². The van der Waals surface area contributed by atoms with Gasteiger partial charge in [0, 0.05) is 49.8 Å². The van der Waals surface area contributed by atoms with Crippen LogP contribution >= 0.6 is 0 Å². The van der Waals surface area contributed by atoms with Crippen LogP contribution in [0.2, 0.25) is 0 Å². The Morgan fingerprint density at radius 2 is 1.68 bits per heavy atom. The highest BCUT2D eigenvalue weighted by Crippen LogP contribution is 2.50. The molecule has 1 saturated carbocycles. The van der Waals surface area contributed by atoms with Gasteiger partial charge in [-0.05, 0) is 50.3 Å². The lowest BCUT2D eigenvalue weighted by Gasteiger charge is -2.35. The standard InChI is InChI=1S/C23H29N3O5/c1-14(24)17(15(2)27)4-6-22(28)25-7-9-26(10-8-25)23(29)19-12-18(19)16-3-5-20-21(11-16)31-13-30-20/h3,5,11,18-19H,4,6-10,12-13,24H2,1-2H3/b17-14-. The van der Waals surface area contributed by atoms with E-state index in [1.807, 2.05) is 23.1 Å². The molecule has 1 aromatic carbocycles.